The Bertz CT molecular complexity index is 1280. The number of methoxy groups -OCH3 is 1. The number of H-pyrrole nitrogens is 1. The van der Waals surface area contributed by atoms with Gasteiger partial charge in [0, 0.05) is 18.2 Å². The predicted molar refractivity (Wildman–Crippen MR) is 123 cm³/mol. The van der Waals surface area contributed by atoms with E-state index in [0.29, 0.717) is 23.5 Å². The summed E-state index contributed by atoms with van der Waals surface area (Å²) in [5.41, 5.74) is 2.07. The number of hydrogen-bond acceptors (Lipinski definition) is 6. The van der Waals surface area contributed by atoms with E-state index in [1.807, 2.05) is 48.5 Å². The Hall–Kier alpha value is -3.81. The molecule has 2 heterocycles. The number of aromatic nitrogens is 4. The summed E-state index contributed by atoms with van der Waals surface area (Å²) in [6.07, 6.45) is 6.30. The lowest BCUT2D eigenvalue weighted by Gasteiger charge is -2.18. The van der Waals surface area contributed by atoms with Gasteiger partial charge in [-0.15, -0.1) is 0 Å². The Labute approximate surface area is 185 Å². The molecule has 0 atom stereocenters. The van der Waals surface area contributed by atoms with E-state index in [9.17, 15) is 4.79 Å². The van der Waals surface area contributed by atoms with Crippen molar-refractivity contribution in [3.05, 3.63) is 70.6 Å². The van der Waals surface area contributed by atoms with Gasteiger partial charge in [0.15, 0.2) is 5.65 Å². The van der Waals surface area contributed by atoms with Gasteiger partial charge in [-0.1, -0.05) is 18.2 Å². The van der Waals surface area contributed by atoms with Gasteiger partial charge in [-0.3, -0.25) is 9.78 Å². The van der Waals surface area contributed by atoms with Crippen molar-refractivity contribution in [1.82, 2.24) is 19.7 Å². The molecule has 2 aromatic heterocycles. The second-order valence-electron chi connectivity index (χ2n) is 7.90. The highest BCUT2D eigenvalue weighted by molar-refractivity contribution is 5.76. The van der Waals surface area contributed by atoms with Gasteiger partial charge in [-0.25, -0.2) is 4.68 Å². The van der Waals surface area contributed by atoms with E-state index in [2.05, 4.69) is 20.4 Å². The monoisotopic (exact) mass is 431 g/mol. The third kappa shape index (κ3) is 4.03. The Balaban J connectivity index is 1.42. The molecule has 32 heavy (non-hydrogen) atoms. The number of fused-ring (bicyclic) bond motifs is 1. The van der Waals surface area contributed by atoms with Crippen molar-refractivity contribution < 1.29 is 9.47 Å². The molecule has 1 saturated carbocycles. The maximum absolute atomic E-state index is 12.6. The molecule has 8 nitrogen and oxygen atoms in total. The standard InChI is InChI=1S/C24H25N5O3/c1-31-19-12-11-16(21(13-19)32-18-9-5-6-10-18)14-25-24-27-22-20(23(30)28-24)15-26-29(22)17-7-3-2-4-8-17/h2-4,7-8,11-13,15,18H,5-6,9-10,14H2,1H3,(H2,25,27,28,30). The first-order valence-electron chi connectivity index (χ1n) is 10.8. The summed E-state index contributed by atoms with van der Waals surface area (Å²) >= 11 is 0. The molecule has 1 aliphatic rings. The number of aromatic amines is 1. The normalized spacial score (nSPS) is 14.0. The molecular formula is C24H25N5O3. The predicted octanol–water partition coefficient (Wildman–Crippen LogP) is 4.05. The largest absolute Gasteiger partial charge is 0.497 e. The van der Waals surface area contributed by atoms with Crippen LogP contribution in [0, 0.1) is 0 Å². The van der Waals surface area contributed by atoms with Crippen molar-refractivity contribution in [1.29, 1.82) is 0 Å². The van der Waals surface area contributed by atoms with Gasteiger partial charge in [0.05, 0.1) is 25.1 Å². The van der Waals surface area contributed by atoms with Crippen LogP contribution in [0.15, 0.2) is 59.5 Å². The highest BCUT2D eigenvalue weighted by Crippen LogP contribution is 2.30. The molecule has 164 valence electrons. The topological polar surface area (TPSA) is 94.1 Å². The van der Waals surface area contributed by atoms with Gasteiger partial charge in [0.2, 0.25) is 5.95 Å². The van der Waals surface area contributed by atoms with Crippen LogP contribution in [-0.4, -0.2) is 33.0 Å². The maximum Gasteiger partial charge on any atom is 0.263 e. The molecule has 4 aromatic rings. The average Bonchev–Trinajstić information content (AvgIpc) is 3.49. The third-order valence-electron chi connectivity index (χ3n) is 5.76. The fourth-order valence-electron chi connectivity index (χ4n) is 4.04. The van der Waals surface area contributed by atoms with Crippen LogP contribution in [0.1, 0.15) is 31.2 Å². The van der Waals surface area contributed by atoms with Crippen LogP contribution in [0.2, 0.25) is 0 Å². The van der Waals surface area contributed by atoms with Gasteiger partial charge >= 0.3 is 0 Å². The summed E-state index contributed by atoms with van der Waals surface area (Å²) in [6, 6.07) is 15.4. The van der Waals surface area contributed by atoms with Crippen molar-refractivity contribution in [3.8, 4) is 17.2 Å². The summed E-state index contributed by atoms with van der Waals surface area (Å²) in [4.78, 5) is 20.0. The molecule has 8 heteroatoms. The van der Waals surface area contributed by atoms with E-state index >= 15 is 0 Å². The maximum atomic E-state index is 12.6. The smallest absolute Gasteiger partial charge is 0.263 e. The van der Waals surface area contributed by atoms with Crippen molar-refractivity contribution >= 4 is 17.0 Å². The zero-order valence-corrected chi connectivity index (χ0v) is 17.9. The van der Waals surface area contributed by atoms with E-state index in [-0.39, 0.29) is 11.7 Å². The Morgan fingerprint density at radius 2 is 1.97 bits per heavy atom. The lowest BCUT2D eigenvalue weighted by Crippen LogP contribution is -2.15. The van der Waals surface area contributed by atoms with E-state index in [1.165, 1.54) is 19.0 Å². The van der Waals surface area contributed by atoms with Gasteiger partial charge in [-0.05, 0) is 49.9 Å². The number of hydrogen-bond donors (Lipinski definition) is 2. The number of nitrogens with zero attached hydrogens (tertiary/aromatic N) is 3. The van der Waals surface area contributed by atoms with Crippen molar-refractivity contribution in [2.45, 2.75) is 38.3 Å². The van der Waals surface area contributed by atoms with E-state index in [4.69, 9.17) is 9.47 Å². The van der Waals surface area contributed by atoms with E-state index in [1.54, 1.807) is 11.8 Å². The molecule has 0 amide bonds. The minimum absolute atomic E-state index is 0.232. The van der Waals surface area contributed by atoms with Crippen LogP contribution in [0.25, 0.3) is 16.7 Å². The average molecular weight is 431 g/mol. The van der Waals surface area contributed by atoms with Gasteiger partial charge in [0.25, 0.3) is 5.56 Å². The lowest BCUT2D eigenvalue weighted by atomic mass is 10.2. The molecule has 2 N–H and O–H groups in total. The highest BCUT2D eigenvalue weighted by atomic mass is 16.5. The van der Waals surface area contributed by atoms with Crippen molar-refractivity contribution in [2.24, 2.45) is 0 Å². The molecule has 1 aliphatic carbocycles. The number of nitrogens with one attached hydrogen (secondary N) is 2. The molecule has 0 aliphatic heterocycles. The fraction of sp³-hybridized carbons (Fsp3) is 0.292. The summed E-state index contributed by atoms with van der Waals surface area (Å²) in [5, 5.41) is 8.02. The molecule has 5 rings (SSSR count). The second kappa shape index (κ2) is 8.74. The molecule has 0 saturated heterocycles. The Morgan fingerprint density at radius 1 is 1.16 bits per heavy atom. The number of benzene rings is 2. The van der Waals surface area contributed by atoms with Gasteiger partial charge in [0.1, 0.15) is 16.9 Å². The van der Waals surface area contributed by atoms with Crippen molar-refractivity contribution in [3.63, 3.8) is 0 Å². The van der Waals surface area contributed by atoms with E-state index < -0.39 is 0 Å². The molecular weight excluding hydrogens is 406 g/mol. The number of rotatable bonds is 7. The van der Waals surface area contributed by atoms with Crippen molar-refractivity contribution in [2.75, 3.05) is 12.4 Å². The second-order valence-corrected chi connectivity index (χ2v) is 7.90. The molecule has 0 spiro atoms. The fourth-order valence-corrected chi connectivity index (χ4v) is 4.04. The lowest BCUT2D eigenvalue weighted by molar-refractivity contribution is 0.207. The first-order chi connectivity index (χ1) is 15.7. The zero-order chi connectivity index (χ0) is 21.9. The Morgan fingerprint density at radius 3 is 2.75 bits per heavy atom. The highest BCUT2D eigenvalue weighted by Gasteiger charge is 2.19. The minimum atomic E-state index is -0.239. The number of para-hydroxylation sites is 1. The summed E-state index contributed by atoms with van der Waals surface area (Å²) in [5.74, 6) is 1.92. The van der Waals surface area contributed by atoms with E-state index in [0.717, 1.165) is 35.6 Å². The van der Waals surface area contributed by atoms with Crippen LogP contribution < -0.4 is 20.3 Å². The van der Waals surface area contributed by atoms with Crippen LogP contribution in [0.3, 0.4) is 0 Å². The zero-order valence-electron chi connectivity index (χ0n) is 17.9. The summed E-state index contributed by atoms with van der Waals surface area (Å²) < 4.78 is 13.3. The molecule has 2 aromatic carbocycles. The molecule has 0 bridgehead atoms. The first-order valence-corrected chi connectivity index (χ1v) is 10.8. The summed E-state index contributed by atoms with van der Waals surface area (Å²) in [7, 11) is 1.65. The Kier molecular flexibility index (Phi) is 5.49. The minimum Gasteiger partial charge on any atom is -0.497 e. The van der Waals surface area contributed by atoms with Crippen LogP contribution in [-0.2, 0) is 6.54 Å². The van der Waals surface area contributed by atoms with Gasteiger partial charge < -0.3 is 14.8 Å². The molecule has 0 unspecified atom stereocenters. The van der Waals surface area contributed by atoms with Gasteiger partial charge in [-0.2, -0.15) is 10.1 Å². The third-order valence-corrected chi connectivity index (χ3v) is 5.76. The molecule has 0 radical (unpaired) electrons. The SMILES string of the molecule is COc1ccc(CNc2nc3c(cnn3-c3ccccc3)c(=O)[nH]2)c(OC2CCCC2)c1. The molecule has 1 fully saturated rings. The van der Waals surface area contributed by atoms with Crippen LogP contribution >= 0.6 is 0 Å². The quantitative estimate of drug-likeness (QED) is 0.458. The van der Waals surface area contributed by atoms with Crippen LogP contribution in [0.4, 0.5) is 5.95 Å². The number of ether oxygens (including phenoxy) is 2. The van der Waals surface area contributed by atoms with Crippen LogP contribution in [0.5, 0.6) is 11.5 Å². The summed E-state index contributed by atoms with van der Waals surface area (Å²) in [6.45, 7) is 0.444. The first kappa shape index (κ1) is 20.1. The number of anilines is 1.